The van der Waals surface area contributed by atoms with Crippen molar-refractivity contribution in [3.8, 4) is 29.1 Å². The van der Waals surface area contributed by atoms with Crippen LogP contribution in [0.5, 0.6) is 17.2 Å². The van der Waals surface area contributed by atoms with Gasteiger partial charge in [-0.25, -0.2) is 4.98 Å². The van der Waals surface area contributed by atoms with Crippen molar-refractivity contribution in [1.82, 2.24) is 15.3 Å². The van der Waals surface area contributed by atoms with Crippen molar-refractivity contribution < 1.29 is 23.8 Å². The van der Waals surface area contributed by atoms with Crippen LogP contribution in [0.15, 0.2) is 60.8 Å². The second kappa shape index (κ2) is 9.83. The van der Waals surface area contributed by atoms with Gasteiger partial charge in [0.25, 0.3) is 11.8 Å². The molecule has 176 valence electrons. The highest BCUT2D eigenvalue weighted by molar-refractivity contribution is 6.02. The fraction of sp³-hybridized carbons (Fsp3) is 0.231. The number of amides is 2. The van der Waals surface area contributed by atoms with Gasteiger partial charge in [0, 0.05) is 19.3 Å². The van der Waals surface area contributed by atoms with Crippen LogP contribution in [0.3, 0.4) is 0 Å². The second-order valence-electron chi connectivity index (χ2n) is 8.05. The highest BCUT2D eigenvalue weighted by Crippen LogP contribution is 2.29. The van der Waals surface area contributed by atoms with Gasteiger partial charge in [-0.3, -0.25) is 19.5 Å². The minimum atomic E-state index is -0.927. The molecule has 0 aliphatic carbocycles. The number of rotatable bonds is 4. The lowest BCUT2D eigenvalue weighted by Crippen LogP contribution is -2.49. The molecule has 2 aromatic heterocycles. The fourth-order valence-corrected chi connectivity index (χ4v) is 3.49. The average Bonchev–Trinajstić information content (AvgIpc) is 2.96. The van der Waals surface area contributed by atoms with Crippen LogP contribution in [-0.4, -0.2) is 54.7 Å². The summed E-state index contributed by atoms with van der Waals surface area (Å²) in [5, 5.41) is 2.71. The molecular formula is C26H22N4O5. The van der Waals surface area contributed by atoms with Gasteiger partial charge in [0.05, 0.1) is 19.1 Å². The topological polar surface area (TPSA) is 103 Å². The summed E-state index contributed by atoms with van der Waals surface area (Å²) in [7, 11) is 1.59. The van der Waals surface area contributed by atoms with Crippen molar-refractivity contribution in [3.05, 3.63) is 72.2 Å². The molecule has 0 saturated carbocycles. The fourth-order valence-electron chi connectivity index (χ4n) is 3.49. The van der Waals surface area contributed by atoms with E-state index in [1.807, 2.05) is 30.3 Å². The number of hydrogen-bond donors (Lipinski definition) is 1. The monoisotopic (exact) mass is 470 g/mol. The minimum Gasteiger partial charge on any atom is -0.487 e. The molecule has 1 fully saturated rings. The molecule has 1 aromatic carbocycles. The van der Waals surface area contributed by atoms with Crippen LogP contribution < -0.4 is 19.7 Å². The average molecular weight is 470 g/mol. The van der Waals surface area contributed by atoms with E-state index in [0.717, 1.165) is 0 Å². The second-order valence-corrected chi connectivity index (χ2v) is 8.05. The van der Waals surface area contributed by atoms with Gasteiger partial charge in [0.2, 0.25) is 0 Å². The van der Waals surface area contributed by atoms with Crippen molar-refractivity contribution in [2.75, 3.05) is 31.8 Å². The summed E-state index contributed by atoms with van der Waals surface area (Å²) in [6.07, 6.45) is 1.47. The number of aromatic nitrogens is 2. The van der Waals surface area contributed by atoms with E-state index in [4.69, 9.17) is 14.2 Å². The molecule has 0 bridgehead atoms. The first kappa shape index (κ1) is 22.4. The van der Waals surface area contributed by atoms with E-state index in [1.54, 1.807) is 25.2 Å². The maximum absolute atomic E-state index is 13.1. The largest absolute Gasteiger partial charge is 0.487 e. The van der Waals surface area contributed by atoms with Crippen molar-refractivity contribution in [1.29, 1.82) is 0 Å². The number of likely N-dealkylation sites (N-methyl/N-ethyl adjacent to an activating group) is 1. The van der Waals surface area contributed by atoms with Gasteiger partial charge in [0.1, 0.15) is 35.5 Å². The summed E-state index contributed by atoms with van der Waals surface area (Å²) in [4.78, 5) is 36.0. The summed E-state index contributed by atoms with van der Waals surface area (Å²) in [6.45, 7) is 1.20. The number of anilines is 1. The van der Waals surface area contributed by atoms with E-state index in [0.29, 0.717) is 42.0 Å². The van der Waals surface area contributed by atoms with Gasteiger partial charge < -0.3 is 19.5 Å². The van der Waals surface area contributed by atoms with E-state index in [-0.39, 0.29) is 24.1 Å². The molecule has 1 saturated heterocycles. The highest BCUT2D eigenvalue weighted by atomic mass is 16.5. The molecule has 2 amide bonds. The van der Waals surface area contributed by atoms with Crippen LogP contribution in [0, 0.1) is 17.8 Å². The number of ether oxygens (including phenoxy) is 3. The minimum absolute atomic E-state index is 0.0474. The van der Waals surface area contributed by atoms with Crippen molar-refractivity contribution >= 4 is 17.6 Å². The van der Waals surface area contributed by atoms with Crippen molar-refractivity contribution in [3.63, 3.8) is 0 Å². The Balaban J connectivity index is 1.28. The Labute approximate surface area is 202 Å². The van der Waals surface area contributed by atoms with E-state index < -0.39 is 11.9 Å². The number of nitrogens with zero attached hydrogens (tertiary/aromatic N) is 3. The third kappa shape index (κ3) is 5.08. The van der Waals surface area contributed by atoms with E-state index in [2.05, 4.69) is 27.1 Å². The van der Waals surface area contributed by atoms with Crippen LogP contribution in [0.2, 0.25) is 0 Å². The Hall–Kier alpha value is -4.42. The molecule has 0 unspecified atom stereocenters. The predicted octanol–water partition coefficient (Wildman–Crippen LogP) is 2.42. The summed E-state index contributed by atoms with van der Waals surface area (Å²) < 4.78 is 16.7. The van der Waals surface area contributed by atoms with Crippen LogP contribution in [0.25, 0.3) is 0 Å². The summed E-state index contributed by atoms with van der Waals surface area (Å²) in [5.41, 5.74) is 0.645. The molecule has 2 aliphatic rings. The number of benzene rings is 1. The third-order valence-electron chi connectivity index (χ3n) is 5.48. The predicted molar refractivity (Wildman–Crippen MR) is 126 cm³/mol. The number of carbonyl (C=O) groups excluding carboxylic acids is 2. The number of para-hydroxylation sites is 1. The molecule has 1 N–H and O–H groups in total. The van der Waals surface area contributed by atoms with Crippen LogP contribution in [-0.2, 0) is 9.53 Å². The molecule has 0 radical (unpaired) electrons. The zero-order valence-corrected chi connectivity index (χ0v) is 18.9. The van der Waals surface area contributed by atoms with Gasteiger partial charge in [-0.2, -0.15) is 0 Å². The molecule has 2 aliphatic heterocycles. The maximum atomic E-state index is 13.1. The van der Waals surface area contributed by atoms with Crippen LogP contribution in [0.1, 0.15) is 16.2 Å². The summed E-state index contributed by atoms with van der Waals surface area (Å²) >= 11 is 0. The Morgan fingerprint density at radius 3 is 2.71 bits per heavy atom. The number of carbonyl (C=O) groups is 2. The van der Waals surface area contributed by atoms with Gasteiger partial charge in [-0.05, 0) is 36.3 Å². The number of nitrogens with one attached hydrogen (secondary N) is 1. The first-order chi connectivity index (χ1) is 17.1. The SMILES string of the molecule is CN1C(=O)[C@@H](NC(=O)c2cc(Oc3ccccc3)ccn2)COc2ccc(C#CC3COC3)nc21. The van der Waals surface area contributed by atoms with E-state index in [9.17, 15) is 9.59 Å². The third-order valence-corrected chi connectivity index (χ3v) is 5.48. The maximum Gasteiger partial charge on any atom is 0.270 e. The van der Waals surface area contributed by atoms with Gasteiger partial charge in [0.15, 0.2) is 11.6 Å². The Morgan fingerprint density at radius 2 is 1.94 bits per heavy atom. The van der Waals surface area contributed by atoms with Crippen molar-refractivity contribution in [2.45, 2.75) is 6.04 Å². The Morgan fingerprint density at radius 1 is 1.11 bits per heavy atom. The number of fused-ring (bicyclic) bond motifs is 1. The van der Waals surface area contributed by atoms with Gasteiger partial charge in [-0.15, -0.1) is 0 Å². The van der Waals surface area contributed by atoms with Crippen LogP contribution in [0.4, 0.5) is 5.82 Å². The first-order valence-electron chi connectivity index (χ1n) is 11.1. The molecule has 0 spiro atoms. The lowest BCUT2D eigenvalue weighted by molar-refractivity contribution is -0.120. The zero-order valence-electron chi connectivity index (χ0n) is 18.9. The molecule has 9 heteroatoms. The first-order valence-corrected chi connectivity index (χ1v) is 11.1. The lowest BCUT2D eigenvalue weighted by Gasteiger charge is -2.20. The van der Waals surface area contributed by atoms with E-state index in [1.165, 1.54) is 17.2 Å². The van der Waals surface area contributed by atoms with Gasteiger partial charge in [-0.1, -0.05) is 24.1 Å². The standard InChI is InChI=1S/C26H22N4O5/c1-30-24-23(10-9-18(28-24)8-7-17-14-33-15-17)34-16-22(26(30)32)29-25(31)21-13-20(11-12-27-21)35-19-5-3-2-4-6-19/h2-6,9-13,17,22H,14-16H2,1H3,(H,29,31)/t22-/m0/s1. The summed E-state index contributed by atoms with van der Waals surface area (Å²) in [5.74, 6) is 7.31. The molecule has 5 rings (SSSR count). The smallest absolute Gasteiger partial charge is 0.270 e. The lowest BCUT2D eigenvalue weighted by atomic mass is 10.1. The molecular weight excluding hydrogens is 448 g/mol. The molecule has 3 aromatic rings. The normalized spacial score (nSPS) is 17.1. The highest BCUT2D eigenvalue weighted by Gasteiger charge is 2.32. The summed E-state index contributed by atoms with van der Waals surface area (Å²) in [6, 6.07) is 14.9. The van der Waals surface area contributed by atoms with Crippen LogP contribution >= 0.6 is 0 Å². The number of hydrogen-bond acceptors (Lipinski definition) is 7. The molecule has 1 atom stereocenters. The molecule has 35 heavy (non-hydrogen) atoms. The molecule has 4 heterocycles. The van der Waals surface area contributed by atoms with Crippen molar-refractivity contribution in [2.24, 2.45) is 5.92 Å². The Kier molecular flexibility index (Phi) is 6.28. The Bertz CT molecular complexity index is 1310. The van der Waals surface area contributed by atoms with Gasteiger partial charge >= 0.3 is 0 Å². The zero-order chi connectivity index (χ0) is 24.2. The number of pyridine rings is 2. The quantitative estimate of drug-likeness (QED) is 0.584. The molecule has 9 nitrogen and oxygen atoms in total. The van der Waals surface area contributed by atoms with E-state index >= 15 is 0 Å².